The number of benzene rings is 2. The zero-order chi connectivity index (χ0) is 17.3. The highest BCUT2D eigenvalue weighted by Gasteiger charge is 2.40. The highest BCUT2D eigenvalue weighted by atomic mass is 16.2. The smallest absolute Gasteiger partial charge is 0.278 e. The first-order chi connectivity index (χ1) is 11.5. The van der Waals surface area contributed by atoms with Gasteiger partial charge in [0.1, 0.15) is 5.70 Å². The maximum absolute atomic E-state index is 12.8. The van der Waals surface area contributed by atoms with Crippen molar-refractivity contribution in [1.82, 2.24) is 4.90 Å². The zero-order valence-corrected chi connectivity index (χ0v) is 14.0. The third kappa shape index (κ3) is 2.83. The number of aryl methyl sites for hydroxylation is 1. The minimum absolute atomic E-state index is 0.193. The fraction of sp³-hybridized carbons (Fsp3) is 0.200. The van der Waals surface area contributed by atoms with Crippen LogP contribution in [0.15, 0.2) is 60.3 Å². The molecular formula is C20H20N2O2. The molecule has 0 atom stereocenters. The third-order valence-electron chi connectivity index (χ3n) is 4.02. The lowest BCUT2D eigenvalue weighted by Crippen LogP contribution is -2.38. The van der Waals surface area contributed by atoms with Crippen LogP contribution in [0.25, 0.3) is 5.57 Å². The van der Waals surface area contributed by atoms with Gasteiger partial charge in [0.05, 0.1) is 5.57 Å². The first-order valence-corrected chi connectivity index (χ1v) is 8.00. The Morgan fingerprint density at radius 2 is 1.50 bits per heavy atom. The molecule has 4 nitrogen and oxygen atoms in total. The standard InChI is InChI=1S/C20H20N2O2/c1-13(2)22-19(23)17(15-7-5-4-6-8-15)18(20(22)24)21-16-11-9-14(3)10-12-16/h4-13,21H,1-3H3. The van der Waals surface area contributed by atoms with Gasteiger partial charge in [-0.1, -0.05) is 48.0 Å². The molecule has 24 heavy (non-hydrogen) atoms. The van der Waals surface area contributed by atoms with Gasteiger partial charge in [-0.05, 0) is 38.5 Å². The van der Waals surface area contributed by atoms with E-state index in [9.17, 15) is 9.59 Å². The number of carbonyl (C=O) groups is 2. The van der Waals surface area contributed by atoms with Crippen LogP contribution in [0.4, 0.5) is 5.69 Å². The van der Waals surface area contributed by atoms with Gasteiger partial charge >= 0.3 is 0 Å². The number of nitrogens with zero attached hydrogens (tertiary/aromatic N) is 1. The molecule has 2 aromatic rings. The van der Waals surface area contributed by atoms with Crippen LogP contribution < -0.4 is 5.32 Å². The lowest BCUT2D eigenvalue weighted by atomic mass is 10.0. The second-order valence-corrected chi connectivity index (χ2v) is 6.18. The van der Waals surface area contributed by atoms with E-state index in [0.29, 0.717) is 11.3 Å². The van der Waals surface area contributed by atoms with Crippen molar-refractivity contribution in [3.63, 3.8) is 0 Å². The lowest BCUT2D eigenvalue weighted by molar-refractivity contribution is -0.138. The Kier molecular flexibility index (Phi) is 4.21. The Balaban J connectivity index is 2.08. The molecule has 0 aliphatic carbocycles. The maximum Gasteiger partial charge on any atom is 0.278 e. The molecule has 0 radical (unpaired) electrons. The molecule has 0 saturated carbocycles. The minimum atomic E-state index is -0.283. The molecule has 122 valence electrons. The van der Waals surface area contributed by atoms with Gasteiger partial charge in [-0.3, -0.25) is 14.5 Å². The molecule has 3 rings (SSSR count). The van der Waals surface area contributed by atoms with Gasteiger partial charge in [0.15, 0.2) is 0 Å². The molecule has 0 spiro atoms. The molecule has 4 heteroatoms. The fourth-order valence-electron chi connectivity index (χ4n) is 2.79. The number of imide groups is 1. The summed E-state index contributed by atoms with van der Waals surface area (Å²) in [5.41, 5.74) is 3.43. The Morgan fingerprint density at radius 1 is 0.875 bits per heavy atom. The van der Waals surface area contributed by atoms with Gasteiger partial charge in [-0.15, -0.1) is 0 Å². The minimum Gasteiger partial charge on any atom is -0.350 e. The van der Waals surface area contributed by atoms with E-state index < -0.39 is 0 Å². The number of rotatable bonds is 4. The van der Waals surface area contributed by atoms with Gasteiger partial charge in [0.2, 0.25) is 0 Å². The second-order valence-electron chi connectivity index (χ2n) is 6.18. The van der Waals surface area contributed by atoms with Crippen molar-refractivity contribution >= 4 is 23.1 Å². The number of hydrogen-bond acceptors (Lipinski definition) is 3. The molecule has 2 aromatic carbocycles. The molecule has 1 aliphatic rings. The Morgan fingerprint density at radius 3 is 2.08 bits per heavy atom. The predicted molar refractivity (Wildman–Crippen MR) is 95.2 cm³/mol. The van der Waals surface area contributed by atoms with E-state index in [2.05, 4.69) is 5.32 Å². The van der Waals surface area contributed by atoms with Crippen LogP contribution in [-0.4, -0.2) is 22.8 Å². The fourth-order valence-corrected chi connectivity index (χ4v) is 2.79. The Hall–Kier alpha value is -2.88. The SMILES string of the molecule is Cc1ccc(NC2=C(c3ccccc3)C(=O)N(C(C)C)C2=O)cc1. The second kappa shape index (κ2) is 6.32. The highest BCUT2D eigenvalue weighted by molar-refractivity contribution is 6.36. The van der Waals surface area contributed by atoms with E-state index >= 15 is 0 Å². The highest BCUT2D eigenvalue weighted by Crippen LogP contribution is 2.31. The average molecular weight is 320 g/mol. The van der Waals surface area contributed by atoms with Crippen molar-refractivity contribution in [3.8, 4) is 0 Å². The summed E-state index contributed by atoms with van der Waals surface area (Å²) < 4.78 is 0. The molecule has 1 aliphatic heterocycles. The normalized spacial score (nSPS) is 14.8. The van der Waals surface area contributed by atoms with Gasteiger partial charge < -0.3 is 5.32 Å². The number of anilines is 1. The van der Waals surface area contributed by atoms with Gasteiger partial charge in [0, 0.05) is 11.7 Å². The first-order valence-electron chi connectivity index (χ1n) is 8.00. The molecule has 0 unspecified atom stereocenters. The average Bonchev–Trinajstić information content (AvgIpc) is 2.81. The molecule has 0 aromatic heterocycles. The summed E-state index contributed by atoms with van der Waals surface area (Å²) in [6.45, 7) is 5.68. The van der Waals surface area contributed by atoms with Crippen molar-refractivity contribution < 1.29 is 9.59 Å². The largest absolute Gasteiger partial charge is 0.350 e. The molecule has 0 saturated heterocycles. The molecule has 1 heterocycles. The van der Waals surface area contributed by atoms with Crippen molar-refractivity contribution in [2.45, 2.75) is 26.8 Å². The number of amides is 2. The van der Waals surface area contributed by atoms with Gasteiger partial charge in [-0.25, -0.2) is 0 Å². The summed E-state index contributed by atoms with van der Waals surface area (Å²) in [4.78, 5) is 26.9. The summed E-state index contributed by atoms with van der Waals surface area (Å²) >= 11 is 0. The van der Waals surface area contributed by atoms with E-state index in [4.69, 9.17) is 0 Å². The van der Waals surface area contributed by atoms with Crippen LogP contribution in [0.2, 0.25) is 0 Å². The van der Waals surface area contributed by atoms with Gasteiger partial charge in [0.25, 0.3) is 11.8 Å². The number of carbonyl (C=O) groups excluding carboxylic acids is 2. The van der Waals surface area contributed by atoms with Crippen LogP contribution in [-0.2, 0) is 9.59 Å². The van der Waals surface area contributed by atoms with Gasteiger partial charge in [-0.2, -0.15) is 0 Å². The maximum atomic E-state index is 12.8. The third-order valence-corrected chi connectivity index (χ3v) is 4.02. The summed E-state index contributed by atoms with van der Waals surface area (Å²) in [6, 6.07) is 16.9. The Bertz CT molecular complexity index is 805. The topological polar surface area (TPSA) is 49.4 Å². The zero-order valence-electron chi connectivity index (χ0n) is 14.0. The Labute approximate surface area is 141 Å². The van der Waals surface area contributed by atoms with E-state index in [1.807, 2.05) is 75.4 Å². The van der Waals surface area contributed by atoms with Crippen molar-refractivity contribution in [2.75, 3.05) is 5.32 Å². The summed E-state index contributed by atoms with van der Waals surface area (Å²) in [7, 11) is 0. The molecule has 0 fully saturated rings. The summed E-state index contributed by atoms with van der Waals surface area (Å²) in [5.74, 6) is -0.537. The van der Waals surface area contributed by atoms with E-state index in [1.54, 1.807) is 0 Å². The lowest BCUT2D eigenvalue weighted by Gasteiger charge is -2.19. The predicted octanol–water partition coefficient (Wildman–Crippen LogP) is 3.60. The van der Waals surface area contributed by atoms with Crippen LogP contribution in [0.3, 0.4) is 0 Å². The summed E-state index contributed by atoms with van der Waals surface area (Å²) in [5, 5.41) is 3.15. The van der Waals surface area contributed by atoms with E-state index in [-0.39, 0.29) is 17.9 Å². The van der Waals surface area contributed by atoms with Crippen LogP contribution in [0.5, 0.6) is 0 Å². The number of nitrogens with one attached hydrogen (secondary N) is 1. The molecule has 0 bridgehead atoms. The quantitative estimate of drug-likeness (QED) is 0.876. The molecule has 1 N–H and O–H groups in total. The van der Waals surface area contributed by atoms with Crippen molar-refractivity contribution in [2.24, 2.45) is 0 Å². The van der Waals surface area contributed by atoms with Crippen LogP contribution in [0.1, 0.15) is 25.0 Å². The van der Waals surface area contributed by atoms with Crippen molar-refractivity contribution in [3.05, 3.63) is 71.4 Å². The van der Waals surface area contributed by atoms with Crippen LogP contribution in [0, 0.1) is 6.92 Å². The first kappa shape index (κ1) is 16.0. The monoisotopic (exact) mass is 320 g/mol. The van der Waals surface area contributed by atoms with E-state index in [1.165, 1.54) is 4.90 Å². The molecule has 2 amide bonds. The number of hydrogen-bond donors (Lipinski definition) is 1. The van der Waals surface area contributed by atoms with Crippen LogP contribution >= 0.6 is 0 Å². The molecular weight excluding hydrogens is 300 g/mol. The van der Waals surface area contributed by atoms with E-state index in [0.717, 1.165) is 16.8 Å². The summed E-state index contributed by atoms with van der Waals surface area (Å²) in [6.07, 6.45) is 0. The van der Waals surface area contributed by atoms with Crippen molar-refractivity contribution in [1.29, 1.82) is 0 Å².